The van der Waals surface area contributed by atoms with Gasteiger partial charge < -0.3 is 10.5 Å². The molecule has 1 aliphatic rings. The van der Waals surface area contributed by atoms with E-state index in [9.17, 15) is 8.42 Å². The molecule has 21 heavy (non-hydrogen) atoms. The van der Waals surface area contributed by atoms with E-state index in [0.29, 0.717) is 11.6 Å². The van der Waals surface area contributed by atoms with Crippen molar-refractivity contribution in [1.82, 2.24) is 0 Å². The van der Waals surface area contributed by atoms with Gasteiger partial charge >= 0.3 is 0 Å². The van der Waals surface area contributed by atoms with E-state index < -0.39 is 20.5 Å². The van der Waals surface area contributed by atoms with Crippen molar-refractivity contribution in [3.05, 3.63) is 34.9 Å². The summed E-state index contributed by atoms with van der Waals surface area (Å²) >= 11 is 11.1. The van der Waals surface area contributed by atoms with Gasteiger partial charge in [-0.2, -0.15) is 0 Å². The van der Waals surface area contributed by atoms with E-state index in [1.807, 2.05) is 19.1 Å². The molecule has 1 aromatic rings. The molecule has 1 saturated carbocycles. The molecule has 0 unspecified atom stereocenters. The number of rotatable bonds is 6. The lowest BCUT2D eigenvalue weighted by Gasteiger charge is -2.16. The molecule has 7 heteroatoms. The van der Waals surface area contributed by atoms with Crippen molar-refractivity contribution in [1.29, 1.82) is 0 Å². The van der Waals surface area contributed by atoms with Crippen molar-refractivity contribution in [3.8, 4) is 0 Å². The van der Waals surface area contributed by atoms with Gasteiger partial charge in [-0.25, -0.2) is 8.42 Å². The molecule has 2 N–H and O–H groups in total. The first kappa shape index (κ1) is 16.7. The zero-order chi connectivity index (χ0) is 15.8. The number of halogens is 1. The summed E-state index contributed by atoms with van der Waals surface area (Å²) in [6.45, 7) is 2.54. The van der Waals surface area contributed by atoms with Gasteiger partial charge in [-0.1, -0.05) is 36.0 Å². The maximum absolute atomic E-state index is 12.1. The second-order valence-electron chi connectivity index (χ2n) is 5.32. The molecule has 0 saturated heterocycles. The van der Waals surface area contributed by atoms with E-state index in [1.54, 1.807) is 12.1 Å². The number of nitrogens with two attached hydrogens (primary N) is 1. The second kappa shape index (κ2) is 5.83. The van der Waals surface area contributed by atoms with Crippen LogP contribution in [0.5, 0.6) is 0 Å². The average Bonchev–Trinajstić information content (AvgIpc) is 3.08. The molecule has 116 valence electrons. The van der Waals surface area contributed by atoms with Crippen molar-refractivity contribution >= 4 is 38.6 Å². The Morgan fingerprint density at radius 2 is 2.00 bits per heavy atom. The van der Waals surface area contributed by atoms with Crippen LogP contribution in [0.1, 0.15) is 18.4 Å². The fourth-order valence-electron chi connectivity index (χ4n) is 2.98. The molecule has 2 rings (SSSR count). The highest BCUT2D eigenvalue weighted by Crippen LogP contribution is 2.63. The van der Waals surface area contributed by atoms with Crippen molar-refractivity contribution in [3.63, 3.8) is 0 Å². The fraction of sp³-hybridized carbons (Fsp3) is 0.500. The third kappa shape index (κ3) is 2.95. The summed E-state index contributed by atoms with van der Waals surface area (Å²) in [4.78, 5) is 0.186. The van der Waals surface area contributed by atoms with Crippen LogP contribution in [0.3, 0.4) is 0 Å². The number of hydrogen-bond acceptors (Lipinski definition) is 4. The molecule has 1 fully saturated rings. The van der Waals surface area contributed by atoms with Crippen LogP contribution in [0.15, 0.2) is 24.3 Å². The molecule has 4 nitrogen and oxygen atoms in total. The molecule has 1 aliphatic carbocycles. The Hall–Kier alpha value is -0.690. The van der Waals surface area contributed by atoms with Gasteiger partial charge in [0, 0.05) is 23.8 Å². The van der Waals surface area contributed by atoms with Crippen LogP contribution in [-0.4, -0.2) is 38.1 Å². The largest absolute Gasteiger partial charge is 0.393 e. The molecule has 0 amide bonds. The van der Waals surface area contributed by atoms with Crippen molar-refractivity contribution < 1.29 is 13.2 Å². The summed E-state index contributed by atoms with van der Waals surface area (Å²) in [7, 11) is -3.30. The normalized spacial score (nSPS) is 28.3. The predicted octanol–water partition coefficient (Wildman–Crippen LogP) is 2.16. The van der Waals surface area contributed by atoms with E-state index >= 15 is 0 Å². The Balaban J connectivity index is 2.46. The van der Waals surface area contributed by atoms with Crippen molar-refractivity contribution in [2.45, 2.75) is 18.1 Å². The number of thiocarbonyl (C=S) groups is 1. The minimum absolute atomic E-state index is 0.186. The SMILES string of the molecule is CCOC[C@@]1(C(N)=S)[C@H](c2ccc(Cl)cc2)[C@@H]1S(C)(=O)=O. The molecule has 0 heterocycles. The maximum Gasteiger partial charge on any atom is 0.152 e. The number of ether oxygens (including phenoxy) is 1. The first-order valence-electron chi connectivity index (χ1n) is 6.57. The van der Waals surface area contributed by atoms with Gasteiger partial charge in [0.2, 0.25) is 0 Å². The monoisotopic (exact) mass is 347 g/mol. The van der Waals surface area contributed by atoms with Crippen molar-refractivity contribution in [2.24, 2.45) is 11.1 Å². The van der Waals surface area contributed by atoms with Crippen LogP contribution in [0.2, 0.25) is 5.02 Å². The molecule has 1 aromatic carbocycles. The summed E-state index contributed by atoms with van der Waals surface area (Å²) in [6.07, 6.45) is 1.21. The van der Waals surface area contributed by atoms with E-state index in [-0.39, 0.29) is 17.5 Å². The highest BCUT2D eigenvalue weighted by molar-refractivity contribution is 7.92. The summed E-state index contributed by atoms with van der Waals surface area (Å²) in [6, 6.07) is 7.10. The maximum atomic E-state index is 12.1. The predicted molar refractivity (Wildman–Crippen MR) is 88.5 cm³/mol. The molecular weight excluding hydrogens is 330 g/mol. The Bertz CT molecular complexity index is 645. The highest BCUT2D eigenvalue weighted by atomic mass is 35.5. The minimum atomic E-state index is -3.30. The zero-order valence-electron chi connectivity index (χ0n) is 11.9. The van der Waals surface area contributed by atoms with Crippen LogP contribution < -0.4 is 5.73 Å². The van der Waals surface area contributed by atoms with E-state index in [2.05, 4.69) is 0 Å². The minimum Gasteiger partial charge on any atom is -0.393 e. The average molecular weight is 348 g/mol. The lowest BCUT2D eigenvalue weighted by atomic mass is 10.00. The molecular formula is C14H18ClNO3S2. The first-order valence-corrected chi connectivity index (χ1v) is 9.31. The van der Waals surface area contributed by atoms with Gasteiger partial charge in [0.15, 0.2) is 9.84 Å². The number of hydrogen-bond donors (Lipinski definition) is 1. The molecule has 3 atom stereocenters. The quantitative estimate of drug-likeness (QED) is 0.798. The van der Waals surface area contributed by atoms with E-state index in [0.717, 1.165) is 5.56 Å². The van der Waals surface area contributed by atoms with Crippen LogP contribution in [-0.2, 0) is 14.6 Å². The Morgan fingerprint density at radius 1 is 1.43 bits per heavy atom. The van der Waals surface area contributed by atoms with Gasteiger partial charge in [-0.3, -0.25) is 0 Å². The van der Waals surface area contributed by atoms with Crippen LogP contribution >= 0.6 is 23.8 Å². The number of benzene rings is 1. The van der Waals surface area contributed by atoms with Gasteiger partial charge in [0.05, 0.1) is 22.3 Å². The van der Waals surface area contributed by atoms with Gasteiger partial charge in [0.1, 0.15) is 0 Å². The smallest absolute Gasteiger partial charge is 0.152 e. The fourth-order valence-corrected chi connectivity index (χ4v) is 5.42. The third-order valence-corrected chi connectivity index (χ3v) is 6.20. The Kier molecular flexibility index (Phi) is 4.63. The van der Waals surface area contributed by atoms with Crippen LogP contribution in [0.25, 0.3) is 0 Å². The molecule has 0 bridgehead atoms. The topological polar surface area (TPSA) is 69.4 Å². The Labute approximate surface area is 135 Å². The summed E-state index contributed by atoms with van der Waals surface area (Å²) < 4.78 is 29.7. The highest BCUT2D eigenvalue weighted by Gasteiger charge is 2.71. The number of sulfone groups is 1. The molecule has 0 spiro atoms. The zero-order valence-corrected chi connectivity index (χ0v) is 14.3. The Morgan fingerprint density at radius 3 is 2.43 bits per heavy atom. The van der Waals surface area contributed by atoms with Gasteiger partial charge in [0.25, 0.3) is 0 Å². The second-order valence-corrected chi connectivity index (χ2v) is 8.36. The summed E-state index contributed by atoms with van der Waals surface area (Å²) in [5.74, 6) is -0.284. The third-order valence-electron chi connectivity index (χ3n) is 3.95. The lowest BCUT2D eigenvalue weighted by Crippen LogP contribution is -2.33. The van der Waals surface area contributed by atoms with Crippen molar-refractivity contribution in [2.75, 3.05) is 19.5 Å². The van der Waals surface area contributed by atoms with E-state index in [1.165, 1.54) is 6.26 Å². The van der Waals surface area contributed by atoms with Gasteiger partial charge in [-0.05, 0) is 24.6 Å². The van der Waals surface area contributed by atoms with E-state index in [4.69, 9.17) is 34.3 Å². The molecule has 0 aromatic heterocycles. The molecule has 0 aliphatic heterocycles. The standard InChI is InChI=1S/C14H18ClNO3S2/c1-3-19-8-14(13(16)20)11(12(14)21(2,17)18)9-4-6-10(15)7-5-9/h4-7,11-12H,3,8H2,1-2H3,(H2,16,20)/t11-,12+,14-/m1/s1. The molecule has 0 radical (unpaired) electrons. The van der Waals surface area contributed by atoms with Gasteiger partial charge in [-0.15, -0.1) is 0 Å². The lowest BCUT2D eigenvalue weighted by molar-refractivity contribution is 0.121. The van der Waals surface area contributed by atoms with Crippen LogP contribution in [0, 0.1) is 5.41 Å². The summed E-state index contributed by atoms with van der Waals surface area (Å²) in [5, 5.41) is -0.0451. The first-order chi connectivity index (χ1) is 9.75. The van der Waals surface area contributed by atoms with Crippen LogP contribution in [0.4, 0.5) is 0 Å². The summed E-state index contributed by atoms with van der Waals surface area (Å²) in [5.41, 5.74) is 5.92.